The van der Waals surface area contributed by atoms with Crippen molar-refractivity contribution in [3.05, 3.63) is 35.9 Å². The second-order valence-electron chi connectivity index (χ2n) is 5.44. The Bertz CT molecular complexity index is 595. The van der Waals surface area contributed by atoms with Gasteiger partial charge in [-0.05, 0) is 67.1 Å². The normalized spacial score (nSPS) is 12.5. The average Bonchev–Trinajstić information content (AvgIpc) is 2.50. The monoisotopic (exact) mass is 350 g/mol. The maximum atomic E-state index is 9.72. The van der Waals surface area contributed by atoms with Crippen LogP contribution >= 0.6 is 15.9 Å². The number of alkyl halides is 1. The summed E-state index contributed by atoms with van der Waals surface area (Å²) in [7, 11) is 0. The van der Waals surface area contributed by atoms with E-state index in [9.17, 15) is 5.11 Å². The van der Waals surface area contributed by atoms with Crippen LogP contribution in [0.2, 0.25) is 0 Å². The second-order valence-corrected chi connectivity index (χ2v) is 6.74. The van der Waals surface area contributed by atoms with E-state index in [4.69, 9.17) is 4.74 Å². The molecule has 0 aliphatic carbocycles. The largest absolute Gasteiger partial charge is 0.508 e. The van der Waals surface area contributed by atoms with E-state index in [0.29, 0.717) is 10.6 Å². The predicted octanol–water partition coefficient (Wildman–Crippen LogP) is 5.58. The number of unbranched alkanes of at least 4 members (excludes halogenated alkanes) is 1. The Hall–Kier alpha value is -1.22. The lowest BCUT2D eigenvalue weighted by atomic mass is 10.0. The van der Waals surface area contributed by atoms with Gasteiger partial charge in [-0.3, -0.25) is 0 Å². The Morgan fingerprint density at radius 3 is 2.76 bits per heavy atom. The van der Waals surface area contributed by atoms with Crippen molar-refractivity contribution in [1.29, 1.82) is 0 Å². The number of aryl methyl sites for hydroxylation is 1. The smallest absolute Gasteiger partial charge is 0.119 e. The fourth-order valence-electron chi connectivity index (χ4n) is 2.40. The van der Waals surface area contributed by atoms with Crippen molar-refractivity contribution in [3.8, 4) is 11.5 Å². The van der Waals surface area contributed by atoms with Gasteiger partial charge in [0.1, 0.15) is 11.5 Å². The van der Waals surface area contributed by atoms with Crippen LogP contribution in [-0.4, -0.2) is 16.5 Å². The first-order valence-corrected chi connectivity index (χ1v) is 8.52. The summed E-state index contributed by atoms with van der Waals surface area (Å²) in [6.45, 7) is 4.89. The maximum Gasteiger partial charge on any atom is 0.119 e. The van der Waals surface area contributed by atoms with Gasteiger partial charge in [-0.2, -0.15) is 0 Å². The van der Waals surface area contributed by atoms with E-state index in [-0.39, 0.29) is 0 Å². The molecule has 0 aliphatic rings. The van der Waals surface area contributed by atoms with Crippen molar-refractivity contribution in [2.45, 2.75) is 44.4 Å². The van der Waals surface area contributed by atoms with Crippen LogP contribution in [0.25, 0.3) is 10.8 Å². The second kappa shape index (κ2) is 7.69. The minimum Gasteiger partial charge on any atom is -0.508 e. The van der Waals surface area contributed by atoms with Crippen molar-refractivity contribution in [3.63, 3.8) is 0 Å². The van der Waals surface area contributed by atoms with Crippen LogP contribution in [0.4, 0.5) is 0 Å². The molecule has 2 aromatic carbocycles. The zero-order valence-corrected chi connectivity index (χ0v) is 14.3. The highest BCUT2D eigenvalue weighted by Crippen LogP contribution is 2.29. The van der Waals surface area contributed by atoms with E-state index < -0.39 is 0 Å². The third kappa shape index (κ3) is 4.37. The van der Waals surface area contributed by atoms with Gasteiger partial charge in [0.05, 0.1) is 6.61 Å². The summed E-state index contributed by atoms with van der Waals surface area (Å²) in [4.78, 5) is 0.633. The van der Waals surface area contributed by atoms with Crippen molar-refractivity contribution in [2.24, 2.45) is 0 Å². The molecule has 1 atom stereocenters. The molecule has 2 nitrogen and oxygen atoms in total. The average molecular weight is 351 g/mol. The number of fused-ring (bicyclic) bond motifs is 1. The van der Waals surface area contributed by atoms with E-state index in [0.717, 1.165) is 35.1 Å². The summed E-state index contributed by atoms with van der Waals surface area (Å²) in [5.41, 5.74) is 0.918. The highest BCUT2D eigenvalue weighted by molar-refractivity contribution is 9.09. The fraction of sp³-hybridized carbons (Fsp3) is 0.444. The molecular weight excluding hydrogens is 328 g/mol. The lowest BCUT2D eigenvalue weighted by Gasteiger charge is -2.10. The third-order valence-electron chi connectivity index (χ3n) is 3.86. The zero-order chi connectivity index (χ0) is 15.2. The van der Waals surface area contributed by atoms with Gasteiger partial charge < -0.3 is 9.84 Å². The van der Waals surface area contributed by atoms with Gasteiger partial charge in [0.2, 0.25) is 0 Å². The molecule has 0 heterocycles. The summed E-state index contributed by atoms with van der Waals surface area (Å²) in [6, 6.07) is 9.71. The number of halogens is 1. The molecule has 1 unspecified atom stereocenters. The molecule has 0 saturated carbocycles. The van der Waals surface area contributed by atoms with Gasteiger partial charge in [-0.1, -0.05) is 35.0 Å². The van der Waals surface area contributed by atoms with E-state index in [2.05, 4.69) is 22.9 Å². The number of hydrogen-bond donors (Lipinski definition) is 1. The van der Waals surface area contributed by atoms with Gasteiger partial charge in [-0.25, -0.2) is 0 Å². The fourth-order valence-corrected chi connectivity index (χ4v) is 2.73. The van der Waals surface area contributed by atoms with Gasteiger partial charge in [0.15, 0.2) is 0 Å². The molecule has 21 heavy (non-hydrogen) atoms. The summed E-state index contributed by atoms with van der Waals surface area (Å²) in [5, 5.41) is 11.9. The quantitative estimate of drug-likeness (QED) is 0.521. The number of benzene rings is 2. The molecule has 3 heteroatoms. The number of phenolic OH excluding ortho intramolecular Hbond substituents is 1. The lowest BCUT2D eigenvalue weighted by molar-refractivity contribution is 0.305. The first kappa shape index (κ1) is 16.2. The molecule has 0 radical (unpaired) electrons. The van der Waals surface area contributed by atoms with Gasteiger partial charge >= 0.3 is 0 Å². The molecule has 1 N–H and O–H groups in total. The molecule has 2 rings (SSSR count). The first-order chi connectivity index (χ1) is 10.1. The van der Waals surface area contributed by atoms with Gasteiger partial charge in [0, 0.05) is 4.83 Å². The van der Waals surface area contributed by atoms with E-state index in [1.54, 1.807) is 6.07 Å². The summed E-state index contributed by atoms with van der Waals surface area (Å²) in [6.07, 6.45) is 4.65. The van der Waals surface area contributed by atoms with Crippen LogP contribution < -0.4 is 4.74 Å². The molecule has 0 saturated heterocycles. The van der Waals surface area contributed by atoms with Crippen LogP contribution in [-0.2, 0) is 0 Å². The van der Waals surface area contributed by atoms with Crippen molar-refractivity contribution in [1.82, 2.24) is 0 Å². The summed E-state index contributed by atoms with van der Waals surface area (Å²) < 4.78 is 5.82. The number of phenols is 1. The lowest BCUT2D eigenvalue weighted by Crippen LogP contribution is -2.00. The van der Waals surface area contributed by atoms with Crippen LogP contribution in [0.15, 0.2) is 30.3 Å². The maximum absolute atomic E-state index is 9.72. The Morgan fingerprint density at radius 2 is 2.00 bits per heavy atom. The van der Waals surface area contributed by atoms with E-state index in [1.807, 2.05) is 31.2 Å². The Balaban J connectivity index is 1.90. The summed E-state index contributed by atoms with van der Waals surface area (Å²) >= 11 is 3.65. The first-order valence-electron chi connectivity index (χ1n) is 7.61. The predicted molar refractivity (Wildman–Crippen MR) is 92.7 cm³/mol. The number of ether oxygens (including phenoxy) is 1. The molecule has 0 spiro atoms. The third-order valence-corrected chi connectivity index (χ3v) is 4.96. The SMILES string of the molecule is CCC(Br)CCCCOc1ccc2c(C)c(O)ccc2c1. The Labute approximate surface area is 135 Å². The molecule has 0 amide bonds. The van der Waals surface area contributed by atoms with Crippen LogP contribution in [0.5, 0.6) is 11.5 Å². The minimum absolute atomic E-state index is 0.344. The molecule has 114 valence electrons. The van der Waals surface area contributed by atoms with Crippen LogP contribution in [0, 0.1) is 6.92 Å². The molecule has 0 aliphatic heterocycles. The summed E-state index contributed by atoms with van der Waals surface area (Å²) in [5.74, 6) is 1.25. The zero-order valence-electron chi connectivity index (χ0n) is 12.7. The molecule has 0 bridgehead atoms. The standard InChI is InChI=1S/C18H23BrO2/c1-3-15(19)6-4-5-11-21-16-8-9-17-13(2)18(20)10-7-14(17)12-16/h7-10,12,15,20H,3-6,11H2,1-2H3. The Kier molecular flexibility index (Phi) is 5.92. The van der Waals surface area contributed by atoms with Crippen molar-refractivity contribution >= 4 is 26.7 Å². The number of hydrogen-bond acceptors (Lipinski definition) is 2. The van der Waals surface area contributed by atoms with E-state index in [1.165, 1.54) is 19.3 Å². The topological polar surface area (TPSA) is 29.5 Å². The van der Waals surface area contributed by atoms with Crippen LogP contribution in [0.1, 0.15) is 38.2 Å². The highest BCUT2D eigenvalue weighted by atomic mass is 79.9. The molecule has 0 aromatic heterocycles. The van der Waals surface area contributed by atoms with Gasteiger partial charge in [0.25, 0.3) is 0 Å². The highest BCUT2D eigenvalue weighted by Gasteiger charge is 2.04. The number of aromatic hydroxyl groups is 1. The molecule has 0 fully saturated rings. The van der Waals surface area contributed by atoms with Crippen LogP contribution in [0.3, 0.4) is 0 Å². The molecular formula is C18H23BrO2. The number of rotatable bonds is 7. The van der Waals surface area contributed by atoms with Crippen molar-refractivity contribution < 1.29 is 9.84 Å². The van der Waals surface area contributed by atoms with Crippen molar-refractivity contribution in [2.75, 3.05) is 6.61 Å². The van der Waals surface area contributed by atoms with Gasteiger partial charge in [-0.15, -0.1) is 0 Å². The molecule has 2 aromatic rings. The Morgan fingerprint density at radius 1 is 1.19 bits per heavy atom. The minimum atomic E-state index is 0.344. The van der Waals surface area contributed by atoms with E-state index >= 15 is 0 Å².